The molecule has 1 atom stereocenters. The lowest BCUT2D eigenvalue weighted by atomic mass is 10.0. The quantitative estimate of drug-likeness (QED) is 0.505. The normalized spacial score (nSPS) is 12.8. The van der Waals surface area contributed by atoms with Crippen LogP contribution in [0.15, 0.2) is 12.1 Å². The first-order valence-electron chi connectivity index (χ1n) is 4.09. The van der Waals surface area contributed by atoms with Gasteiger partial charge in [0, 0.05) is 6.04 Å². The standard InChI is InChI=1S/C9H13ClN2O/c1-2-7(11)5-3-6(10)9(12)8(13)4-5/h3-4,7,13H,2,11-12H2,1H3. The molecule has 72 valence electrons. The Balaban J connectivity index is 3.13. The minimum Gasteiger partial charge on any atom is -0.506 e. The Bertz CT molecular complexity index is 291. The van der Waals surface area contributed by atoms with Gasteiger partial charge < -0.3 is 16.6 Å². The fourth-order valence-corrected chi connectivity index (χ4v) is 1.30. The molecule has 1 aromatic carbocycles. The molecule has 0 amide bonds. The SMILES string of the molecule is CCC(N)c1cc(O)c(N)c(Cl)c1. The van der Waals surface area contributed by atoms with E-state index >= 15 is 0 Å². The lowest BCUT2D eigenvalue weighted by molar-refractivity contribution is 0.476. The van der Waals surface area contributed by atoms with Crippen LogP contribution in [0.1, 0.15) is 24.9 Å². The van der Waals surface area contributed by atoms with E-state index in [9.17, 15) is 5.11 Å². The third-order valence-corrected chi connectivity index (χ3v) is 2.31. The van der Waals surface area contributed by atoms with E-state index in [0.717, 1.165) is 12.0 Å². The van der Waals surface area contributed by atoms with Gasteiger partial charge in [-0.25, -0.2) is 0 Å². The summed E-state index contributed by atoms with van der Waals surface area (Å²) in [5.74, 6) is -0.00796. The summed E-state index contributed by atoms with van der Waals surface area (Å²) >= 11 is 5.78. The first kappa shape index (κ1) is 10.2. The predicted molar refractivity (Wildman–Crippen MR) is 54.7 cm³/mol. The summed E-state index contributed by atoms with van der Waals surface area (Å²) in [6.45, 7) is 1.96. The molecule has 0 aromatic heterocycles. The second kappa shape index (κ2) is 3.85. The van der Waals surface area contributed by atoms with Crippen molar-refractivity contribution in [2.24, 2.45) is 5.73 Å². The van der Waals surface area contributed by atoms with E-state index in [2.05, 4.69) is 0 Å². The summed E-state index contributed by atoms with van der Waals surface area (Å²) in [4.78, 5) is 0. The fraction of sp³-hybridized carbons (Fsp3) is 0.333. The number of phenols is 1. The highest BCUT2D eigenvalue weighted by atomic mass is 35.5. The van der Waals surface area contributed by atoms with Crippen LogP contribution in [-0.2, 0) is 0 Å². The average molecular weight is 201 g/mol. The van der Waals surface area contributed by atoms with Crippen molar-refractivity contribution in [2.45, 2.75) is 19.4 Å². The van der Waals surface area contributed by atoms with Crippen molar-refractivity contribution in [1.29, 1.82) is 0 Å². The molecule has 4 heteroatoms. The molecule has 0 bridgehead atoms. The number of nitrogen functional groups attached to an aromatic ring is 1. The van der Waals surface area contributed by atoms with Crippen LogP contribution in [0.3, 0.4) is 0 Å². The third kappa shape index (κ3) is 2.05. The number of hydrogen-bond donors (Lipinski definition) is 3. The van der Waals surface area contributed by atoms with Crippen molar-refractivity contribution in [3.8, 4) is 5.75 Å². The Morgan fingerprint density at radius 1 is 1.54 bits per heavy atom. The highest BCUT2D eigenvalue weighted by Gasteiger charge is 2.09. The van der Waals surface area contributed by atoms with Gasteiger partial charge in [0.1, 0.15) is 5.75 Å². The van der Waals surface area contributed by atoms with Crippen molar-refractivity contribution >= 4 is 17.3 Å². The Hall–Kier alpha value is -0.930. The molecule has 13 heavy (non-hydrogen) atoms. The number of phenolic OH excluding ortho intramolecular Hbond substituents is 1. The Morgan fingerprint density at radius 2 is 2.15 bits per heavy atom. The Morgan fingerprint density at radius 3 is 2.62 bits per heavy atom. The first-order valence-corrected chi connectivity index (χ1v) is 4.47. The van der Waals surface area contributed by atoms with Crippen LogP contribution in [0.2, 0.25) is 5.02 Å². The molecule has 0 saturated carbocycles. The molecule has 0 aliphatic rings. The predicted octanol–water partition coefficient (Wildman–Crippen LogP) is 2.04. The summed E-state index contributed by atoms with van der Waals surface area (Å²) < 4.78 is 0. The van der Waals surface area contributed by atoms with Crippen molar-refractivity contribution < 1.29 is 5.11 Å². The van der Waals surface area contributed by atoms with Gasteiger partial charge in [-0.15, -0.1) is 0 Å². The van der Waals surface area contributed by atoms with Crippen LogP contribution in [0.4, 0.5) is 5.69 Å². The highest BCUT2D eigenvalue weighted by Crippen LogP contribution is 2.32. The molecule has 1 aromatic rings. The number of rotatable bonds is 2. The van der Waals surface area contributed by atoms with E-state index in [0.29, 0.717) is 5.02 Å². The molecule has 0 heterocycles. The lowest BCUT2D eigenvalue weighted by Gasteiger charge is -2.11. The van der Waals surface area contributed by atoms with Crippen molar-refractivity contribution in [2.75, 3.05) is 5.73 Å². The summed E-state index contributed by atoms with van der Waals surface area (Å²) in [5.41, 5.74) is 12.2. The molecule has 5 N–H and O–H groups in total. The van der Waals surface area contributed by atoms with E-state index in [1.165, 1.54) is 0 Å². The monoisotopic (exact) mass is 200 g/mol. The fourth-order valence-electron chi connectivity index (χ4n) is 1.07. The summed E-state index contributed by atoms with van der Waals surface area (Å²) in [6.07, 6.45) is 0.791. The van der Waals surface area contributed by atoms with Crippen LogP contribution in [0.5, 0.6) is 5.75 Å². The molecule has 0 spiro atoms. The van der Waals surface area contributed by atoms with E-state index in [-0.39, 0.29) is 17.5 Å². The molecule has 0 aliphatic carbocycles. The van der Waals surface area contributed by atoms with Gasteiger partial charge in [-0.1, -0.05) is 18.5 Å². The second-order valence-corrected chi connectivity index (χ2v) is 3.36. The van der Waals surface area contributed by atoms with Gasteiger partial charge in [0.05, 0.1) is 10.7 Å². The number of nitrogens with two attached hydrogens (primary N) is 2. The van der Waals surface area contributed by atoms with Gasteiger partial charge in [0.2, 0.25) is 0 Å². The second-order valence-electron chi connectivity index (χ2n) is 2.95. The van der Waals surface area contributed by atoms with Crippen LogP contribution in [-0.4, -0.2) is 5.11 Å². The maximum Gasteiger partial charge on any atom is 0.140 e. The molecular formula is C9H13ClN2O. The van der Waals surface area contributed by atoms with Crippen LogP contribution >= 0.6 is 11.6 Å². The van der Waals surface area contributed by atoms with E-state index in [1.807, 2.05) is 6.92 Å². The Labute approximate surface area is 82.3 Å². The number of benzene rings is 1. The van der Waals surface area contributed by atoms with E-state index < -0.39 is 0 Å². The van der Waals surface area contributed by atoms with Crippen LogP contribution in [0.25, 0.3) is 0 Å². The van der Waals surface area contributed by atoms with Crippen molar-refractivity contribution in [3.05, 3.63) is 22.7 Å². The molecule has 1 rings (SSSR count). The zero-order valence-corrected chi connectivity index (χ0v) is 8.17. The number of anilines is 1. The van der Waals surface area contributed by atoms with Crippen LogP contribution in [0, 0.1) is 0 Å². The molecule has 0 radical (unpaired) electrons. The zero-order chi connectivity index (χ0) is 10.0. The van der Waals surface area contributed by atoms with Crippen molar-refractivity contribution in [1.82, 2.24) is 0 Å². The maximum atomic E-state index is 9.36. The van der Waals surface area contributed by atoms with Crippen LogP contribution < -0.4 is 11.5 Å². The van der Waals surface area contributed by atoms with E-state index in [4.69, 9.17) is 23.1 Å². The minimum absolute atomic E-state index is 0.00796. The summed E-state index contributed by atoms with van der Waals surface area (Å²) in [6, 6.07) is 3.13. The van der Waals surface area contributed by atoms with Gasteiger partial charge in [-0.2, -0.15) is 0 Å². The third-order valence-electron chi connectivity index (χ3n) is 2.00. The van der Waals surface area contributed by atoms with Crippen molar-refractivity contribution in [3.63, 3.8) is 0 Å². The molecule has 1 unspecified atom stereocenters. The van der Waals surface area contributed by atoms with Gasteiger partial charge in [0.15, 0.2) is 0 Å². The lowest BCUT2D eigenvalue weighted by Crippen LogP contribution is -2.08. The summed E-state index contributed by atoms with van der Waals surface area (Å²) in [5, 5.41) is 9.71. The van der Waals surface area contributed by atoms with E-state index in [1.54, 1.807) is 12.1 Å². The number of halogens is 1. The zero-order valence-electron chi connectivity index (χ0n) is 7.42. The Kier molecular flexibility index (Phi) is 3.01. The highest BCUT2D eigenvalue weighted by molar-refractivity contribution is 6.33. The minimum atomic E-state index is -0.107. The van der Waals surface area contributed by atoms with Gasteiger partial charge in [0.25, 0.3) is 0 Å². The average Bonchev–Trinajstić information content (AvgIpc) is 2.12. The molecule has 0 saturated heterocycles. The summed E-state index contributed by atoms with van der Waals surface area (Å²) in [7, 11) is 0. The number of aromatic hydroxyl groups is 1. The molecule has 0 aliphatic heterocycles. The molecule has 3 nitrogen and oxygen atoms in total. The largest absolute Gasteiger partial charge is 0.506 e. The molecular weight excluding hydrogens is 188 g/mol. The van der Waals surface area contributed by atoms with Gasteiger partial charge in [-0.05, 0) is 24.1 Å². The van der Waals surface area contributed by atoms with Gasteiger partial charge >= 0.3 is 0 Å². The van der Waals surface area contributed by atoms with Gasteiger partial charge in [-0.3, -0.25) is 0 Å². The first-order chi connectivity index (χ1) is 6.06. The topological polar surface area (TPSA) is 72.3 Å². The smallest absolute Gasteiger partial charge is 0.140 e. The molecule has 0 fully saturated rings. The maximum absolute atomic E-state index is 9.36. The number of hydrogen-bond acceptors (Lipinski definition) is 3.